The summed E-state index contributed by atoms with van der Waals surface area (Å²) < 4.78 is 10.9. The molecule has 0 aliphatic carbocycles. The Morgan fingerprint density at radius 1 is 0.970 bits per heavy atom. The monoisotopic (exact) mass is 457 g/mol. The summed E-state index contributed by atoms with van der Waals surface area (Å²) in [5, 5.41) is 5.01. The number of hydrogen-bond donors (Lipinski definition) is 0. The number of piperazine rings is 1. The third-order valence-corrected chi connectivity index (χ3v) is 6.95. The minimum absolute atomic E-state index is 0.0767. The molecule has 7 heteroatoms. The Hall–Kier alpha value is -3.42. The van der Waals surface area contributed by atoms with Crippen LogP contribution in [0.5, 0.6) is 11.5 Å². The van der Waals surface area contributed by atoms with Gasteiger partial charge in [-0.15, -0.1) is 0 Å². The summed E-state index contributed by atoms with van der Waals surface area (Å²) in [6.07, 6.45) is 0. The van der Waals surface area contributed by atoms with E-state index in [0.29, 0.717) is 13.1 Å². The lowest BCUT2D eigenvalue weighted by molar-refractivity contribution is 0.0630. The number of carbonyl (C=O) groups is 1. The highest BCUT2D eigenvalue weighted by atomic mass is 32.1. The van der Waals surface area contributed by atoms with E-state index >= 15 is 0 Å². The first-order valence-corrected chi connectivity index (χ1v) is 12.0. The van der Waals surface area contributed by atoms with Gasteiger partial charge in [-0.05, 0) is 41.3 Å². The Labute approximate surface area is 196 Å². The van der Waals surface area contributed by atoms with E-state index in [2.05, 4.69) is 22.4 Å². The summed E-state index contributed by atoms with van der Waals surface area (Å²) in [4.78, 5) is 22.7. The van der Waals surface area contributed by atoms with Crippen LogP contribution in [0.1, 0.15) is 15.9 Å². The Bertz CT molecular complexity index is 1310. The van der Waals surface area contributed by atoms with Crippen molar-refractivity contribution in [1.82, 2.24) is 14.8 Å². The van der Waals surface area contributed by atoms with Gasteiger partial charge in [-0.1, -0.05) is 24.3 Å². The molecule has 33 heavy (non-hydrogen) atoms. The number of thiophene rings is 1. The minimum Gasteiger partial charge on any atom is -0.454 e. The summed E-state index contributed by atoms with van der Waals surface area (Å²) in [6, 6.07) is 18.0. The van der Waals surface area contributed by atoms with Gasteiger partial charge in [0.2, 0.25) is 6.79 Å². The van der Waals surface area contributed by atoms with Gasteiger partial charge in [0, 0.05) is 49.1 Å². The molecule has 2 aliphatic rings. The molecule has 0 N–H and O–H groups in total. The topological polar surface area (TPSA) is 54.9 Å². The summed E-state index contributed by atoms with van der Waals surface area (Å²) >= 11 is 1.63. The third kappa shape index (κ3) is 3.94. The molecule has 1 amide bonds. The molecule has 4 aromatic rings. The molecular formula is C26H23N3O3S. The summed E-state index contributed by atoms with van der Waals surface area (Å²) in [5.41, 5.74) is 4.67. The lowest BCUT2D eigenvalue weighted by Gasteiger charge is -2.35. The Morgan fingerprint density at radius 2 is 1.82 bits per heavy atom. The van der Waals surface area contributed by atoms with Crippen molar-refractivity contribution in [3.63, 3.8) is 0 Å². The van der Waals surface area contributed by atoms with E-state index in [1.807, 2.05) is 52.7 Å². The van der Waals surface area contributed by atoms with Crippen molar-refractivity contribution in [2.75, 3.05) is 33.0 Å². The maximum atomic E-state index is 13.6. The van der Waals surface area contributed by atoms with E-state index < -0.39 is 0 Å². The van der Waals surface area contributed by atoms with Crippen LogP contribution in [-0.4, -0.2) is 53.7 Å². The number of amides is 1. The molecule has 2 aromatic carbocycles. The van der Waals surface area contributed by atoms with Gasteiger partial charge in [-0.3, -0.25) is 9.69 Å². The average molecular weight is 458 g/mol. The maximum absolute atomic E-state index is 13.6. The van der Waals surface area contributed by atoms with E-state index in [1.165, 1.54) is 5.56 Å². The molecule has 0 unspecified atom stereocenters. The highest BCUT2D eigenvalue weighted by molar-refractivity contribution is 7.08. The van der Waals surface area contributed by atoms with Crippen molar-refractivity contribution in [2.24, 2.45) is 0 Å². The zero-order chi connectivity index (χ0) is 22.2. The number of benzene rings is 2. The molecule has 166 valence electrons. The Balaban J connectivity index is 1.19. The lowest BCUT2D eigenvalue weighted by atomic mass is 10.0. The van der Waals surface area contributed by atoms with Crippen LogP contribution >= 0.6 is 11.3 Å². The molecule has 6 rings (SSSR count). The number of carbonyl (C=O) groups excluding carboxylic acids is 1. The fourth-order valence-corrected chi connectivity index (χ4v) is 5.14. The van der Waals surface area contributed by atoms with E-state index in [-0.39, 0.29) is 12.7 Å². The average Bonchev–Trinajstić information content (AvgIpc) is 3.55. The summed E-state index contributed by atoms with van der Waals surface area (Å²) in [7, 11) is 0. The van der Waals surface area contributed by atoms with Crippen LogP contribution in [0.25, 0.3) is 22.2 Å². The normalized spacial score (nSPS) is 15.8. The van der Waals surface area contributed by atoms with Crippen LogP contribution < -0.4 is 9.47 Å². The van der Waals surface area contributed by atoms with Gasteiger partial charge < -0.3 is 14.4 Å². The lowest BCUT2D eigenvalue weighted by Crippen LogP contribution is -2.48. The predicted octanol–water partition coefficient (Wildman–Crippen LogP) is 4.65. The molecule has 2 aromatic heterocycles. The fraction of sp³-hybridized carbons (Fsp3) is 0.231. The number of para-hydroxylation sites is 1. The third-order valence-electron chi connectivity index (χ3n) is 6.27. The first-order chi connectivity index (χ1) is 16.2. The van der Waals surface area contributed by atoms with Crippen LogP contribution in [0.2, 0.25) is 0 Å². The number of aromatic nitrogens is 1. The van der Waals surface area contributed by atoms with Crippen molar-refractivity contribution in [3.05, 3.63) is 76.5 Å². The van der Waals surface area contributed by atoms with Gasteiger partial charge in [0.05, 0.1) is 16.8 Å². The van der Waals surface area contributed by atoms with Crippen molar-refractivity contribution in [2.45, 2.75) is 6.54 Å². The smallest absolute Gasteiger partial charge is 0.254 e. The number of nitrogens with zero attached hydrogens (tertiary/aromatic N) is 3. The van der Waals surface area contributed by atoms with Gasteiger partial charge in [-0.2, -0.15) is 11.3 Å². The molecule has 0 radical (unpaired) electrons. The quantitative estimate of drug-likeness (QED) is 0.447. The predicted molar refractivity (Wildman–Crippen MR) is 129 cm³/mol. The number of rotatable bonds is 4. The zero-order valence-electron chi connectivity index (χ0n) is 18.1. The van der Waals surface area contributed by atoms with Gasteiger partial charge in [0.25, 0.3) is 5.91 Å². The fourth-order valence-electron chi connectivity index (χ4n) is 4.49. The molecule has 1 fully saturated rings. The van der Waals surface area contributed by atoms with Crippen LogP contribution in [0.3, 0.4) is 0 Å². The number of fused-ring (bicyclic) bond motifs is 2. The molecule has 0 bridgehead atoms. The van der Waals surface area contributed by atoms with Gasteiger partial charge in [0.15, 0.2) is 11.5 Å². The van der Waals surface area contributed by atoms with E-state index in [4.69, 9.17) is 14.5 Å². The van der Waals surface area contributed by atoms with Gasteiger partial charge in [0.1, 0.15) is 0 Å². The van der Waals surface area contributed by atoms with Gasteiger partial charge in [-0.25, -0.2) is 4.98 Å². The molecular weight excluding hydrogens is 434 g/mol. The molecule has 1 saturated heterocycles. The largest absolute Gasteiger partial charge is 0.454 e. The van der Waals surface area contributed by atoms with Gasteiger partial charge >= 0.3 is 0 Å². The SMILES string of the molecule is O=C(c1cc(-c2ccsc2)nc2ccccc12)N1CCN(Cc2ccc3c(c2)OCO3)CC1. The second kappa shape index (κ2) is 8.50. The summed E-state index contributed by atoms with van der Waals surface area (Å²) in [5.74, 6) is 1.70. The Morgan fingerprint density at radius 3 is 2.67 bits per heavy atom. The van der Waals surface area contributed by atoms with Crippen molar-refractivity contribution < 1.29 is 14.3 Å². The zero-order valence-corrected chi connectivity index (χ0v) is 18.9. The first kappa shape index (κ1) is 20.2. The van der Waals surface area contributed by atoms with Crippen LogP contribution in [0.15, 0.2) is 65.4 Å². The Kier molecular flexibility index (Phi) is 5.20. The number of pyridine rings is 1. The number of hydrogen-bond acceptors (Lipinski definition) is 6. The van der Waals surface area contributed by atoms with Crippen LogP contribution in [0.4, 0.5) is 0 Å². The molecule has 0 atom stereocenters. The minimum atomic E-state index is 0.0767. The molecule has 6 nitrogen and oxygen atoms in total. The highest BCUT2D eigenvalue weighted by Crippen LogP contribution is 2.33. The second-order valence-corrected chi connectivity index (χ2v) is 9.12. The van der Waals surface area contributed by atoms with Crippen molar-refractivity contribution >= 4 is 28.1 Å². The van der Waals surface area contributed by atoms with E-state index in [0.717, 1.165) is 58.9 Å². The molecule has 2 aliphatic heterocycles. The number of ether oxygens (including phenoxy) is 2. The second-order valence-electron chi connectivity index (χ2n) is 8.34. The van der Waals surface area contributed by atoms with Crippen molar-refractivity contribution in [3.8, 4) is 22.8 Å². The van der Waals surface area contributed by atoms with Crippen molar-refractivity contribution in [1.29, 1.82) is 0 Å². The van der Waals surface area contributed by atoms with Crippen LogP contribution in [-0.2, 0) is 6.54 Å². The maximum Gasteiger partial charge on any atom is 0.254 e. The van der Waals surface area contributed by atoms with E-state index in [1.54, 1.807) is 11.3 Å². The first-order valence-electron chi connectivity index (χ1n) is 11.1. The summed E-state index contributed by atoms with van der Waals surface area (Å²) in [6.45, 7) is 4.19. The molecule has 0 saturated carbocycles. The van der Waals surface area contributed by atoms with Crippen LogP contribution in [0, 0.1) is 0 Å². The standard InChI is InChI=1S/C26H23N3O3S/c30-26(21-14-23(19-7-12-33-16-19)27-22-4-2-1-3-20(21)22)29-10-8-28(9-11-29)15-18-5-6-24-25(13-18)32-17-31-24/h1-7,12-14,16H,8-11,15,17H2. The molecule has 0 spiro atoms. The molecule has 4 heterocycles. The van der Waals surface area contributed by atoms with E-state index in [9.17, 15) is 4.79 Å². The highest BCUT2D eigenvalue weighted by Gasteiger charge is 2.25.